The lowest BCUT2D eigenvalue weighted by molar-refractivity contribution is -0.132. The minimum atomic E-state index is 0.165. The van der Waals surface area contributed by atoms with E-state index >= 15 is 0 Å². The Morgan fingerprint density at radius 1 is 0.824 bits per heavy atom. The molecule has 1 aliphatic heterocycles. The molecule has 4 aromatic rings. The zero-order valence-corrected chi connectivity index (χ0v) is 19.5. The van der Waals surface area contributed by atoms with Gasteiger partial charge in [-0.1, -0.05) is 66.2 Å². The first-order valence-corrected chi connectivity index (χ1v) is 11.7. The normalized spacial score (nSPS) is 14.3. The van der Waals surface area contributed by atoms with Gasteiger partial charge >= 0.3 is 0 Å². The average molecular weight is 473 g/mol. The SMILES string of the molecule is O=C(Cc1ccc(-c2ccccc2)cc1)N1CCN(Cc2nnnn2-c2ccc(Cl)cc2)CC1. The van der Waals surface area contributed by atoms with Crippen molar-refractivity contribution in [1.29, 1.82) is 0 Å². The molecule has 1 amide bonds. The Hall–Kier alpha value is -3.55. The van der Waals surface area contributed by atoms with Crippen molar-refractivity contribution in [2.24, 2.45) is 0 Å². The first-order valence-electron chi connectivity index (χ1n) is 11.3. The number of piperazine rings is 1. The van der Waals surface area contributed by atoms with E-state index in [2.05, 4.69) is 44.7 Å². The minimum absolute atomic E-state index is 0.165. The van der Waals surface area contributed by atoms with Crippen molar-refractivity contribution in [3.63, 3.8) is 0 Å². The molecule has 0 spiro atoms. The Balaban J connectivity index is 1.14. The van der Waals surface area contributed by atoms with E-state index in [-0.39, 0.29) is 5.91 Å². The summed E-state index contributed by atoms with van der Waals surface area (Å²) in [6.45, 7) is 3.59. The predicted molar refractivity (Wildman–Crippen MR) is 132 cm³/mol. The van der Waals surface area contributed by atoms with Gasteiger partial charge in [0.05, 0.1) is 18.7 Å². The van der Waals surface area contributed by atoms with E-state index in [0.29, 0.717) is 31.1 Å². The van der Waals surface area contributed by atoms with Gasteiger partial charge in [0.25, 0.3) is 0 Å². The van der Waals surface area contributed by atoms with E-state index in [1.165, 1.54) is 5.56 Å². The highest BCUT2D eigenvalue weighted by atomic mass is 35.5. The van der Waals surface area contributed by atoms with Crippen LogP contribution in [0.2, 0.25) is 5.02 Å². The van der Waals surface area contributed by atoms with Gasteiger partial charge in [-0.2, -0.15) is 4.68 Å². The molecule has 172 valence electrons. The van der Waals surface area contributed by atoms with Gasteiger partial charge in [0, 0.05) is 31.2 Å². The average Bonchev–Trinajstić information content (AvgIpc) is 3.34. The van der Waals surface area contributed by atoms with Crippen LogP contribution >= 0.6 is 11.6 Å². The molecule has 0 bridgehead atoms. The molecule has 1 aliphatic rings. The van der Waals surface area contributed by atoms with E-state index in [1.807, 2.05) is 59.5 Å². The molecule has 1 fully saturated rings. The molecule has 3 aromatic carbocycles. The summed E-state index contributed by atoms with van der Waals surface area (Å²) in [5, 5.41) is 12.8. The van der Waals surface area contributed by atoms with Gasteiger partial charge in [-0.3, -0.25) is 9.69 Å². The summed E-state index contributed by atoms with van der Waals surface area (Å²) in [5.74, 6) is 0.929. The lowest BCUT2D eigenvalue weighted by Crippen LogP contribution is -2.48. The Morgan fingerprint density at radius 3 is 2.21 bits per heavy atom. The van der Waals surface area contributed by atoms with Crippen LogP contribution in [-0.2, 0) is 17.8 Å². The molecule has 1 aromatic heterocycles. The fourth-order valence-electron chi connectivity index (χ4n) is 4.17. The topological polar surface area (TPSA) is 67.2 Å². The first kappa shape index (κ1) is 22.3. The second-order valence-electron chi connectivity index (χ2n) is 8.38. The number of carbonyl (C=O) groups is 1. The maximum atomic E-state index is 12.9. The largest absolute Gasteiger partial charge is 0.340 e. The van der Waals surface area contributed by atoms with E-state index in [0.717, 1.165) is 35.7 Å². The van der Waals surface area contributed by atoms with Crippen LogP contribution in [0.5, 0.6) is 0 Å². The van der Waals surface area contributed by atoms with Gasteiger partial charge in [-0.15, -0.1) is 5.10 Å². The van der Waals surface area contributed by atoms with E-state index < -0.39 is 0 Å². The highest BCUT2D eigenvalue weighted by Gasteiger charge is 2.23. The molecule has 0 atom stereocenters. The first-order chi connectivity index (χ1) is 16.7. The summed E-state index contributed by atoms with van der Waals surface area (Å²) in [7, 11) is 0. The lowest BCUT2D eigenvalue weighted by atomic mass is 10.0. The van der Waals surface area contributed by atoms with Crippen LogP contribution in [0.15, 0.2) is 78.9 Å². The molecule has 1 saturated heterocycles. The fourth-order valence-corrected chi connectivity index (χ4v) is 4.30. The summed E-state index contributed by atoms with van der Waals surface area (Å²) < 4.78 is 1.73. The smallest absolute Gasteiger partial charge is 0.227 e. The highest BCUT2D eigenvalue weighted by Crippen LogP contribution is 2.20. The Labute approximate surface area is 203 Å². The number of carbonyl (C=O) groups excluding carboxylic acids is 1. The molecule has 2 heterocycles. The number of tetrazole rings is 1. The number of halogens is 1. The van der Waals surface area contributed by atoms with Gasteiger partial charge in [0.2, 0.25) is 5.91 Å². The molecule has 34 heavy (non-hydrogen) atoms. The van der Waals surface area contributed by atoms with Crippen molar-refractivity contribution < 1.29 is 4.79 Å². The number of aromatic nitrogens is 4. The number of hydrogen-bond acceptors (Lipinski definition) is 5. The molecule has 8 heteroatoms. The van der Waals surface area contributed by atoms with Crippen molar-refractivity contribution in [2.45, 2.75) is 13.0 Å². The second-order valence-corrected chi connectivity index (χ2v) is 8.82. The van der Waals surface area contributed by atoms with Gasteiger partial charge in [0.15, 0.2) is 5.82 Å². The van der Waals surface area contributed by atoms with Crippen molar-refractivity contribution in [3.8, 4) is 16.8 Å². The fraction of sp³-hybridized carbons (Fsp3) is 0.231. The van der Waals surface area contributed by atoms with Crippen LogP contribution in [0.3, 0.4) is 0 Å². The molecule has 0 aliphatic carbocycles. The maximum absolute atomic E-state index is 12.9. The van der Waals surface area contributed by atoms with Gasteiger partial charge in [-0.25, -0.2) is 0 Å². The highest BCUT2D eigenvalue weighted by molar-refractivity contribution is 6.30. The molecule has 7 nitrogen and oxygen atoms in total. The monoisotopic (exact) mass is 472 g/mol. The van der Waals surface area contributed by atoms with E-state index in [9.17, 15) is 4.79 Å². The lowest BCUT2D eigenvalue weighted by Gasteiger charge is -2.34. The number of amides is 1. The van der Waals surface area contributed by atoms with Crippen LogP contribution < -0.4 is 0 Å². The van der Waals surface area contributed by atoms with Crippen LogP contribution in [0.4, 0.5) is 0 Å². The Bertz CT molecular complexity index is 1230. The summed E-state index contributed by atoms with van der Waals surface area (Å²) in [6, 6.07) is 26.0. The zero-order valence-electron chi connectivity index (χ0n) is 18.7. The third kappa shape index (κ3) is 5.16. The van der Waals surface area contributed by atoms with Gasteiger partial charge < -0.3 is 4.90 Å². The van der Waals surface area contributed by atoms with Crippen molar-refractivity contribution in [3.05, 3.63) is 95.3 Å². The number of benzene rings is 3. The quantitative estimate of drug-likeness (QED) is 0.426. The van der Waals surface area contributed by atoms with E-state index in [4.69, 9.17) is 11.6 Å². The molecule has 0 unspecified atom stereocenters. The number of nitrogens with zero attached hydrogens (tertiary/aromatic N) is 6. The van der Waals surface area contributed by atoms with Crippen LogP contribution in [-0.4, -0.2) is 62.1 Å². The third-order valence-electron chi connectivity index (χ3n) is 6.11. The second kappa shape index (κ2) is 10.2. The molecular formula is C26H25ClN6O. The molecule has 0 saturated carbocycles. The summed E-state index contributed by atoms with van der Waals surface area (Å²) in [6.07, 6.45) is 0.421. The number of rotatable bonds is 6. The Morgan fingerprint density at radius 2 is 1.50 bits per heavy atom. The standard InChI is InChI=1S/C26H25ClN6O/c27-23-10-12-24(13-11-23)33-25(28-29-30-33)19-31-14-16-32(17-15-31)26(34)18-20-6-8-22(9-7-20)21-4-2-1-3-5-21/h1-13H,14-19H2. The van der Waals surface area contributed by atoms with Crippen molar-refractivity contribution in [2.75, 3.05) is 26.2 Å². The summed E-state index contributed by atoms with van der Waals surface area (Å²) >= 11 is 5.99. The minimum Gasteiger partial charge on any atom is -0.340 e. The van der Waals surface area contributed by atoms with Crippen LogP contribution in [0.25, 0.3) is 16.8 Å². The Kier molecular flexibility index (Phi) is 6.65. The molecular weight excluding hydrogens is 448 g/mol. The molecule has 0 N–H and O–H groups in total. The van der Waals surface area contributed by atoms with E-state index in [1.54, 1.807) is 4.68 Å². The number of hydrogen-bond donors (Lipinski definition) is 0. The van der Waals surface area contributed by atoms with Crippen LogP contribution in [0.1, 0.15) is 11.4 Å². The third-order valence-corrected chi connectivity index (χ3v) is 6.36. The molecule has 0 radical (unpaired) electrons. The van der Waals surface area contributed by atoms with Gasteiger partial charge in [0.1, 0.15) is 0 Å². The van der Waals surface area contributed by atoms with Gasteiger partial charge in [-0.05, 0) is 51.4 Å². The summed E-state index contributed by atoms with van der Waals surface area (Å²) in [4.78, 5) is 17.1. The maximum Gasteiger partial charge on any atom is 0.227 e. The van der Waals surface area contributed by atoms with Crippen LogP contribution in [0, 0.1) is 0 Å². The summed E-state index contributed by atoms with van der Waals surface area (Å²) in [5.41, 5.74) is 4.25. The van der Waals surface area contributed by atoms with Crippen molar-refractivity contribution in [1.82, 2.24) is 30.0 Å². The molecule has 5 rings (SSSR count). The predicted octanol–water partition coefficient (Wildman–Crippen LogP) is 3.87. The zero-order chi connectivity index (χ0) is 23.3. The van der Waals surface area contributed by atoms with Crippen molar-refractivity contribution >= 4 is 17.5 Å².